The summed E-state index contributed by atoms with van der Waals surface area (Å²) in [5.74, 6) is 0.924. The zero-order valence-corrected chi connectivity index (χ0v) is 11.9. The Kier molecular flexibility index (Phi) is 5.83. The normalized spacial score (nSPS) is 22.4. The lowest BCUT2D eigenvalue weighted by Crippen LogP contribution is -2.39. The van der Waals surface area contributed by atoms with Crippen LogP contribution in [0.25, 0.3) is 0 Å². The Morgan fingerprint density at radius 1 is 1.05 bits per heavy atom. The maximum absolute atomic E-state index is 12.2. The van der Waals surface area contributed by atoms with Gasteiger partial charge in [0.05, 0.1) is 0 Å². The number of carbonyl (C=O) groups is 2. The van der Waals surface area contributed by atoms with Crippen LogP contribution in [0.2, 0.25) is 0 Å². The van der Waals surface area contributed by atoms with Crippen LogP contribution in [-0.4, -0.2) is 54.7 Å². The van der Waals surface area contributed by atoms with Crippen molar-refractivity contribution in [3.05, 3.63) is 0 Å². The third-order valence-electron chi connectivity index (χ3n) is 4.44. The van der Waals surface area contributed by atoms with E-state index in [1.54, 1.807) is 0 Å². The second-order valence-corrected chi connectivity index (χ2v) is 5.89. The monoisotopic (exact) mass is 266 g/mol. The number of amides is 1. The number of rotatable bonds is 5. The predicted molar refractivity (Wildman–Crippen MR) is 74.9 cm³/mol. The van der Waals surface area contributed by atoms with E-state index < -0.39 is 0 Å². The summed E-state index contributed by atoms with van der Waals surface area (Å²) in [4.78, 5) is 26.9. The lowest BCUT2D eigenvalue weighted by atomic mass is 9.92. The van der Waals surface area contributed by atoms with E-state index in [1.807, 2.05) is 0 Å². The molecule has 2 rings (SSSR count). The van der Waals surface area contributed by atoms with Gasteiger partial charge in [0.1, 0.15) is 6.29 Å². The average molecular weight is 266 g/mol. The first-order valence-electron chi connectivity index (χ1n) is 7.73. The van der Waals surface area contributed by atoms with Gasteiger partial charge in [-0.3, -0.25) is 4.79 Å². The number of nitrogens with zero attached hydrogens (tertiary/aromatic N) is 2. The first-order valence-corrected chi connectivity index (χ1v) is 7.73. The van der Waals surface area contributed by atoms with Crippen LogP contribution in [-0.2, 0) is 9.59 Å². The van der Waals surface area contributed by atoms with E-state index in [-0.39, 0.29) is 0 Å². The highest BCUT2D eigenvalue weighted by Gasteiger charge is 2.24. The van der Waals surface area contributed by atoms with Gasteiger partial charge in [-0.15, -0.1) is 0 Å². The van der Waals surface area contributed by atoms with Gasteiger partial charge in [0.25, 0.3) is 0 Å². The first kappa shape index (κ1) is 14.5. The maximum atomic E-state index is 12.2. The Labute approximate surface area is 116 Å². The molecule has 0 aliphatic carbocycles. The van der Waals surface area contributed by atoms with Crippen LogP contribution in [0, 0.1) is 5.92 Å². The molecule has 0 aromatic heterocycles. The Morgan fingerprint density at radius 3 is 2.37 bits per heavy atom. The average Bonchev–Trinajstić information content (AvgIpc) is 2.47. The highest BCUT2D eigenvalue weighted by atomic mass is 16.2. The molecule has 0 aromatic carbocycles. The van der Waals surface area contributed by atoms with Crippen molar-refractivity contribution in [1.29, 1.82) is 0 Å². The number of aldehydes is 1. The summed E-state index contributed by atoms with van der Waals surface area (Å²) in [6.45, 7) is 4.92. The number of hydrogen-bond donors (Lipinski definition) is 0. The van der Waals surface area contributed by atoms with E-state index in [2.05, 4.69) is 9.80 Å². The van der Waals surface area contributed by atoms with Crippen molar-refractivity contribution < 1.29 is 9.59 Å². The minimum Gasteiger partial charge on any atom is -0.343 e. The van der Waals surface area contributed by atoms with E-state index >= 15 is 0 Å². The van der Waals surface area contributed by atoms with Crippen LogP contribution in [0.15, 0.2) is 0 Å². The molecule has 108 valence electrons. The zero-order chi connectivity index (χ0) is 13.5. The molecule has 4 nitrogen and oxygen atoms in total. The van der Waals surface area contributed by atoms with Gasteiger partial charge in [-0.05, 0) is 51.1 Å². The van der Waals surface area contributed by atoms with Crippen molar-refractivity contribution in [2.45, 2.75) is 44.9 Å². The lowest BCUT2D eigenvalue weighted by Gasteiger charge is -2.33. The maximum Gasteiger partial charge on any atom is 0.222 e. The number of likely N-dealkylation sites (tertiary alicyclic amines) is 2. The van der Waals surface area contributed by atoms with Crippen molar-refractivity contribution in [3.8, 4) is 0 Å². The largest absolute Gasteiger partial charge is 0.343 e. The van der Waals surface area contributed by atoms with E-state index in [4.69, 9.17) is 0 Å². The van der Waals surface area contributed by atoms with E-state index in [1.165, 1.54) is 19.3 Å². The fourth-order valence-electron chi connectivity index (χ4n) is 3.17. The number of piperidine rings is 2. The molecule has 0 atom stereocenters. The Balaban J connectivity index is 1.67. The standard InChI is InChI=1S/C15H26N2O2/c18-12-4-7-16-10-5-14(6-11-16)13-15(19)17-8-2-1-3-9-17/h12,14H,1-11,13H2. The smallest absolute Gasteiger partial charge is 0.222 e. The summed E-state index contributed by atoms with van der Waals surface area (Å²) in [6, 6.07) is 0. The molecule has 0 bridgehead atoms. The fraction of sp³-hybridized carbons (Fsp3) is 0.867. The molecular weight excluding hydrogens is 240 g/mol. The molecule has 0 unspecified atom stereocenters. The Morgan fingerprint density at radius 2 is 1.74 bits per heavy atom. The van der Waals surface area contributed by atoms with Crippen molar-refractivity contribution in [2.24, 2.45) is 5.92 Å². The van der Waals surface area contributed by atoms with Crippen molar-refractivity contribution >= 4 is 12.2 Å². The molecular formula is C15H26N2O2. The topological polar surface area (TPSA) is 40.6 Å². The SMILES string of the molecule is O=CCCN1CCC(CC(=O)N2CCCCC2)CC1. The van der Waals surface area contributed by atoms with E-state index in [9.17, 15) is 9.59 Å². The lowest BCUT2D eigenvalue weighted by molar-refractivity contribution is -0.133. The predicted octanol–water partition coefficient (Wildman–Crippen LogP) is 1.69. The van der Waals surface area contributed by atoms with Crippen LogP contribution >= 0.6 is 0 Å². The van der Waals surface area contributed by atoms with Crippen molar-refractivity contribution in [1.82, 2.24) is 9.80 Å². The van der Waals surface area contributed by atoms with Crippen LogP contribution < -0.4 is 0 Å². The summed E-state index contributed by atoms with van der Waals surface area (Å²) >= 11 is 0. The van der Waals surface area contributed by atoms with E-state index in [0.717, 1.165) is 58.3 Å². The molecule has 0 aromatic rings. The summed E-state index contributed by atoms with van der Waals surface area (Å²) < 4.78 is 0. The van der Waals surface area contributed by atoms with Gasteiger partial charge in [0.15, 0.2) is 0 Å². The first-order chi connectivity index (χ1) is 9.29. The minimum absolute atomic E-state index is 0.367. The van der Waals surface area contributed by atoms with Gasteiger partial charge in [0.2, 0.25) is 5.91 Å². The highest BCUT2D eigenvalue weighted by Crippen LogP contribution is 2.22. The molecule has 2 saturated heterocycles. The molecule has 19 heavy (non-hydrogen) atoms. The molecule has 1 amide bonds. The van der Waals surface area contributed by atoms with Crippen LogP contribution in [0.3, 0.4) is 0 Å². The van der Waals surface area contributed by atoms with Crippen molar-refractivity contribution in [2.75, 3.05) is 32.7 Å². The summed E-state index contributed by atoms with van der Waals surface area (Å²) in [5, 5.41) is 0. The molecule has 0 spiro atoms. The third kappa shape index (κ3) is 4.60. The molecule has 0 saturated carbocycles. The van der Waals surface area contributed by atoms with Crippen LogP contribution in [0.4, 0.5) is 0 Å². The molecule has 2 heterocycles. The van der Waals surface area contributed by atoms with Gasteiger partial charge in [-0.25, -0.2) is 0 Å². The molecule has 2 aliphatic rings. The van der Waals surface area contributed by atoms with Crippen LogP contribution in [0.1, 0.15) is 44.9 Å². The fourth-order valence-corrected chi connectivity index (χ4v) is 3.17. The molecule has 0 radical (unpaired) electrons. The van der Waals surface area contributed by atoms with Gasteiger partial charge >= 0.3 is 0 Å². The van der Waals surface area contributed by atoms with Gasteiger partial charge < -0.3 is 14.6 Å². The number of carbonyl (C=O) groups excluding carboxylic acids is 2. The van der Waals surface area contributed by atoms with Gasteiger partial charge in [-0.1, -0.05) is 0 Å². The summed E-state index contributed by atoms with van der Waals surface area (Å²) in [6.07, 6.45) is 8.21. The molecule has 2 fully saturated rings. The van der Waals surface area contributed by atoms with Crippen LogP contribution in [0.5, 0.6) is 0 Å². The van der Waals surface area contributed by atoms with E-state index in [0.29, 0.717) is 18.2 Å². The quantitative estimate of drug-likeness (QED) is 0.711. The van der Waals surface area contributed by atoms with Gasteiger partial charge in [0, 0.05) is 32.5 Å². The Bertz CT molecular complexity index is 293. The third-order valence-corrected chi connectivity index (χ3v) is 4.44. The zero-order valence-electron chi connectivity index (χ0n) is 11.9. The number of hydrogen-bond acceptors (Lipinski definition) is 3. The minimum atomic E-state index is 0.367. The van der Waals surface area contributed by atoms with Crippen molar-refractivity contribution in [3.63, 3.8) is 0 Å². The van der Waals surface area contributed by atoms with Gasteiger partial charge in [-0.2, -0.15) is 0 Å². The molecule has 4 heteroatoms. The second-order valence-electron chi connectivity index (χ2n) is 5.89. The molecule has 2 aliphatic heterocycles. The molecule has 0 N–H and O–H groups in total. The Hall–Kier alpha value is -0.900. The summed E-state index contributed by atoms with van der Waals surface area (Å²) in [5.41, 5.74) is 0. The highest BCUT2D eigenvalue weighted by molar-refractivity contribution is 5.76. The summed E-state index contributed by atoms with van der Waals surface area (Å²) in [7, 11) is 0. The second kappa shape index (κ2) is 7.63.